The number of carbonyl (C=O) groups is 2. The number of rotatable bonds is 9. The van der Waals surface area contributed by atoms with Crippen molar-refractivity contribution < 1.29 is 23.1 Å². The number of nitrogens with zero attached hydrogens (tertiary/aromatic N) is 1. The van der Waals surface area contributed by atoms with Gasteiger partial charge in [0.15, 0.2) is 0 Å². The lowest BCUT2D eigenvalue weighted by Crippen LogP contribution is -2.48. The molecule has 1 unspecified atom stereocenters. The molecule has 166 valence electrons. The lowest BCUT2D eigenvalue weighted by atomic mass is 10.0. The van der Waals surface area contributed by atoms with Crippen molar-refractivity contribution >= 4 is 33.5 Å². The molecule has 0 aliphatic rings. The number of amides is 1. The highest BCUT2D eigenvalue weighted by molar-refractivity contribution is 7.89. The summed E-state index contributed by atoms with van der Waals surface area (Å²) in [5, 5.41) is 9.48. The number of halogens is 1. The van der Waals surface area contributed by atoms with Crippen LogP contribution in [0.15, 0.2) is 83.8 Å². The van der Waals surface area contributed by atoms with Gasteiger partial charge in [-0.1, -0.05) is 54.1 Å². The molecule has 0 spiro atoms. The summed E-state index contributed by atoms with van der Waals surface area (Å²) in [6.07, 6.45) is 0.0796. The number of primary amides is 1. The molecule has 0 saturated heterocycles. The van der Waals surface area contributed by atoms with Crippen LogP contribution in [-0.4, -0.2) is 35.7 Å². The van der Waals surface area contributed by atoms with Gasteiger partial charge in [0.25, 0.3) is 0 Å². The minimum atomic E-state index is -4.15. The molecule has 32 heavy (non-hydrogen) atoms. The predicted molar refractivity (Wildman–Crippen MR) is 121 cm³/mol. The van der Waals surface area contributed by atoms with Gasteiger partial charge in [-0.25, -0.2) is 13.2 Å². The summed E-state index contributed by atoms with van der Waals surface area (Å²) in [7, 11) is -4.15. The molecule has 0 radical (unpaired) electrons. The maximum Gasteiger partial charge on any atom is 0.335 e. The van der Waals surface area contributed by atoms with Crippen LogP contribution in [0.25, 0.3) is 0 Å². The number of hydrogen-bond acceptors (Lipinski definition) is 4. The van der Waals surface area contributed by atoms with Crippen LogP contribution < -0.4 is 5.73 Å². The molecule has 0 fully saturated rings. The zero-order chi connectivity index (χ0) is 23.3. The van der Waals surface area contributed by atoms with E-state index in [9.17, 15) is 18.0 Å². The molecule has 3 N–H and O–H groups in total. The van der Waals surface area contributed by atoms with Crippen LogP contribution in [0.3, 0.4) is 0 Å². The van der Waals surface area contributed by atoms with Crippen LogP contribution in [-0.2, 0) is 27.8 Å². The number of nitrogens with two attached hydrogens (primary N) is 1. The number of hydrogen-bond donors (Lipinski definition) is 2. The van der Waals surface area contributed by atoms with E-state index in [2.05, 4.69) is 0 Å². The molecule has 0 bridgehead atoms. The van der Waals surface area contributed by atoms with Gasteiger partial charge in [-0.3, -0.25) is 4.79 Å². The highest BCUT2D eigenvalue weighted by atomic mass is 35.5. The molecule has 0 aliphatic heterocycles. The van der Waals surface area contributed by atoms with Crippen LogP contribution in [0.1, 0.15) is 21.5 Å². The Morgan fingerprint density at radius 3 is 2.03 bits per heavy atom. The molecule has 0 aromatic heterocycles. The molecular formula is C23H21ClN2O5S. The zero-order valence-corrected chi connectivity index (χ0v) is 18.5. The quantitative estimate of drug-likeness (QED) is 0.495. The first-order chi connectivity index (χ1) is 15.2. The molecule has 9 heteroatoms. The summed E-state index contributed by atoms with van der Waals surface area (Å²) >= 11 is 5.90. The number of carbonyl (C=O) groups excluding carboxylic acids is 1. The Bertz CT molecular complexity index is 1200. The summed E-state index contributed by atoms with van der Waals surface area (Å²) in [5.41, 5.74) is 6.97. The van der Waals surface area contributed by atoms with Gasteiger partial charge in [0.2, 0.25) is 15.9 Å². The van der Waals surface area contributed by atoms with Crippen LogP contribution in [0.4, 0.5) is 0 Å². The second kappa shape index (κ2) is 9.95. The highest BCUT2D eigenvalue weighted by Crippen LogP contribution is 2.25. The Morgan fingerprint density at radius 1 is 0.906 bits per heavy atom. The van der Waals surface area contributed by atoms with E-state index in [4.69, 9.17) is 22.4 Å². The van der Waals surface area contributed by atoms with E-state index in [0.717, 1.165) is 9.87 Å². The lowest BCUT2D eigenvalue weighted by molar-refractivity contribution is -0.121. The van der Waals surface area contributed by atoms with Crippen molar-refractivity contribution in [2.24, 2.45) is 5.73 Å². The van der Waals surface area contributed by atoms with Gasteiger partial charge in [0, 0.05) is 11.6 Å². The molecule has 7 nitrogen and oxygen atoms in total. The van der Waals surface area contributed by atoms with Crippen LogP contribution in [0.5, 0.6) is 0 Å². The average Bonchev–Trinajstić information content (AvgIpc) is 2.77. The number of carboxylic acids is 1. The normalized spacial score (nSPS) is 12.4. The molecule has 3 rings (SSSR count). The Labute approximate surface area is 191 Å². The molecule has 0 aliphatic carbocycles. The van der Waals surface area contributed by atoms with Gasteiger partial charge in [-0.05, 0) is 53.9 Å². The standard InChI is InChI=1S/C23H21ClN2O5S/c24-19-10-12-20(13-11-19)32(30,31)26(15-17-6-8-18(9-7-17)23(28)29)21(22(25)27)14-16-4-2-1-3-5-16/h1-13,21H,14-15H2,(H2,25,27)(H,28,29). The second-order valence-electron chi connectivity index (χ2n) is 7.11. The van der Waals surface area contributed by atoms with E-state index < -0.39 is 27.9 Å². The first-order valence-corrected chi connectivity index (χ1v) is 11.4. The van der Waals surface area contributed by atoms with Gasteiger partial charge >= 0.3 is 5.97 Å². The van der Waals surface area contributed by atoms with Crippen LogP contribution in [0.2, 0.25) is 5.02 Å². The van der Waals surface area contributed by atoms with Gasteiger partial charge in [-0.15, -0.1) is 0 Å². The maximum atomic E-state index is 13.5. The van der Waals surface area contributed by atoms with Crippen molar-refractivity contribution in [1.82, 2.24) is 4.31 Å². The van der Waals surface area contributed by atoms with Crippen molar-refractivity contribution in [2.45, 2.75) is 23.9 Å². The van der Waals surface area contributed by atoms with E-state index in [1.165, 1.54) is 48.5 Å². The third-order valence-electron chi connectivity index (χ3n) is 4.91. The molecule has 3 aromatic carbocycles. The van der Waals surface area contributed by atoms with E-state index in [0.29, 0.717) is 10.6 Å². The summed E-state index contributed by atoms with van der Waals surface area (Å²) in [6, 6.07) is 19.2. The average molecular weight is 473 g/mol. The highest BCUT2D eigenvalue weighted by Gasteiger charge is 2.35. The van der Waals surface area contributed by atoms with Crippen LogP contribution >= 0.6 is 11.6 Å². The second-order valence-corrected chi connectivity index (χ2v) is 9.44. The van der Waals surface area contributed by atoms with Gasteiger partial charge < -0.3 is 10.8 Å². The number of carboxylic acid groups (broad SMARTS) is 1. The molecule has 3 aromatic rings. The lowest BCUT2D eigenvalue weighted by Gasteiger charge is -2.29. The number of aromatic carboxylic acids is 1. The number of sulfonamides is 1. The summed E-state index contributed by atoms with van der Waals surface area (Å²) in [4.78, 5) is 23.5. The first-order valence-electron chi connectivity index (χ1n) is 9.61. The van der Waals surface area contributed by atoms with Crippen molar-refractivity contribution in [2.75, 3.05) is 0 Å². The fourth-order valence-corrected chi connectivity index (χ4v) is 4.93. The molecular weight excluding hydrogens is 452 g/mol. The Hall–Kier alpha value is -3.20. The Kier molecular flexibility index (Phi) is 7.29. The first kappa shape index (κ1) is 23.5. The fraction of sp³-hybridized carbons (Fsp3) is 0.130. The molecule has 0 heterocycles. The molecule has 1 atom stereocenters. The van der Waals surface area contributed by atoms with E-state index in [1.54, 1.807) is 24.3 Å². The SMILES string of the molecule is NC(=O)C(Cc1ccccc1)N(Cc1ccc(C(=O)O)cc1)S(=O)(=O)c1ccc(Cl)cc1. The third kappa shape index (κ3) is 5.53. The molecule has 0 saturated carbocycles. The summed E-state index contributed by atoms with van der Waals surface area (Å²) < 4.78 is 28.1. The molecule has 1 amide bonds. The third-order valence-corrected chi connectivity index (χ3v) is 7.03. The summed E-state index contributed by atoms with van der Waals surface area (Å²) in [5.74, 6) is -1.89. The smallest absolute Gasteiger partial charge is 0.335 e. The fourth-order valence-electron chi connectivity index (χ4n) is 3.22. The van der Waals surface area contributed by atoms with E-state index >= 15 is 0 Å². The van der Waals surface area contributed by atoms with Crippen LogP contribution in [0, 0.1) is 0 Å². The largest absolute Gasteiger partial charge is 0.478 e. The van der Waals surface area contributed by atoms with Crippen molar-refractivity contribution in [1.29, 1.82) is 0 Å². The van der Waals surface area contributed by atoms with Gasteiger partial charge in [0.05, 0.1) is 10.5 Å². The predicted octanol–water partition coefficient (Wildman–Crippen LogP) is 3.33. The van der Waals surface area contributed by atoms with Gasteiger partial charge in [-0.2, -0.15) is 4.31 Å². The Morgan fingerprint density at radius 2 is 1.50 bits per heavy atom. The maximum absolute atomic E-state index is 13.5. The van der Waals surface area contributed by atoms with Crippen molar-refractivity contribution in [3.63, 3.8) is 0 Å². The van der Waals surface area contributed by atoms with E-state index in [1.807, 2.05) is 6.07 Å². The van der Waals surface area contributed by atoms with Gasteiger partial charge in [0.1, 0.15) is 6.04 Å². The topological polar surface area (TPSA) is 118 Å². The zero-order valence-electron chi connectivity index (χ0n) is 16.9. The monoisotopic (exact) mass is 472 g/mol. The minimum absolute atomic E-state index is 0.0385. The Balaban J connectivity index is 2.05. The van der Waals surface area contributed by atoms with E-state index in [-0.39, 0.29) is 23.4 Å². The van der Waals surface area contributed by atoms with Crippen molar-refractivity contribution in [3.8, 4) is 0 Å². The number of benzene rings is 3. The van der Waals surface area contributed by atoms with Crippen molar-refractivity contribution in [3.05, 3.63) is 101 Å². The minimum Gasteiger partial charge on any atom is -0.478 e. The summed E-state index contributed by atoms with van der Waals surface area (Å²) in [6.45, 7) is -0.175.